The molecule has 74 valence electrons. The van der Waals surface area contributed by atoms with Gasteiger partial charge < -0.3 is 10.2 Å². The molecule has 1 aliphatic rings. The van der Waals surface area contributed by atoms with Gasteiger partial charge in [0.05, 0.1) is 0 Å². The number of hydrogen-bond donors (Lipinski definition) is 2. The molecular weight excluding hydrogens is 152 g/mol. The van der Waals surface area contributed by atoms with E-state index in [9.17, 15) is 0 Å². The summed E-state index contributed by atoms with van der Waals surface area (Å²) in [6.07, 6.45) is 7.97. The van der Waals surface area contributed by atoms with E-state index in [1.54, 1.807) is 6.92 Å². The highest BCUT2D eigenvalue weighted by Gasteiger charge is 2.11. The lowest BCUT2D eigenvalue weighted by Gasteiger charge is -2.19. The van der Waals surface area contributed by atoms with Crippen LogP contribution in [0.3, 0.4) is 0 Å². The monoisotopic (exact) mass is 174 g/mol. The van der Waals surface area contributed by atoms with Gasteiger partial charge in [0.15, 0.2) is 0 Å². The number of aliphatic hydroxyl groups is 2. The Morgan fingerprint density at radius 3 is 2.00 bits per heavy atom. The van der Waals surface area contributed by atoms with Crippen molar-refractivity contribution in [1.29, 1.82) is 0 Å². The first kappa shape index (κ1) is 11.9. The summed E-state index contributed by atoms with van der Waals surface area (Å²) >= 11 is 0. The molecule has 2 nitrogen and oxygen atoms in total. The maximum Gasteiger partial charge on any atom is 0.0433 e. The van der Waals surface area contributed by atoms with Crippen molar-refractivity contribution < 1.29 is 10.2 Å². The Balaban J connectivity index is 0.000000354. The Hall–Kier alpha value is -0.0800. The van der Waals surface area contributed by atoms with Crippen LogP contribution in [0.4, 0.5) is 0 Å². The van der Waals surface area contributed by atoms with Gasteiger partial charge in [-0.1, -0.05) is 32.1 Å². The third kappa shape index (κ3) is 6.62. The third-order valence-corrected chi connectivity index (χ3v) is 2.26. The molecule has 0 aliphatic heterocycles. The standard InChI is InChI=1S/C8H16O.C2H6O/c9-7-6-8-4-2-1-3-5-8;1-2-3/h8-9H,1-7H2;3H,2H2,1H3. The van der Waals surface area contributed by atoms with Gasteiger partial charge in [-0.15, -0.1) is 0 Å². The molecule has 2 heteroatoms. The lowest BCUT2D eigenvalue weighted by atomic mass is 9.87. The maximum absolute atomic E-state index is 8.62. The molecule has 0 aromatic heterocycles. The van der Waals surface area contributed by atoms with Crippen LogP contribution in [0, 0.1) is 5.92 Å². The molecule has 12 heavy (non-hydrogen) atoms. The van der Waals surface area contributed by atoms with Crippen LogP contribution in [-0.2, 0) is 0 Å². The largest absolute Gasteiger partial charge is 0.397 e. The lowest BCUT2D eigenvalue weighted by Crippen LogP contribution is -2.07. The molecule has 0 radical (unpaired) electrons. The van der Waals surface area contributed by atoms with E-state index in [-0.39, 0.29) is 6.61 Å². The van der Waals surface area contributed by atoms with Crippen LogP contribution in [0.25, 0.3) is 0 Å². The predicted molar refractivity (Wildman–Crippen MR) is 51.0 cm³/mol. The van der Waals surface area contributed by atoms with Crippen molar-refractivity contribution >= 4 is 0 Å². The van der Waals surface area contributed by atoms with Crippen molar-refractivity contribution in [2.75, 3.05) is 13.2 Å². The summed E-state index contributed by atoms with van der Waals surface area (Å²) in [5.41, 5.74) is 0. The van der Waals surface area contributed by atoms with Crippen LogP contribution < -0.4 is 0 Å². The highest BCUT2D eigenvalue weighted by Crippen LogP contribution is 2.25. The van der Waals surface area contributed by atoms with Gasteiger partial charge in [0.25, 0.3) is 0 Å². The Morgan fingerprint density at radius 2 is 1.58 bits per heavy atom. The summed E-state index contributed by atoms with van der Waals surface area (Å²) in [7, 11) is 0. The first-order valence-corrected chi connectivity index (χ1v) is 5.06. The first-order chi connectivity index (χ1) is 5.85. The quantitative estimate of drug-likeness (QED) is 0.671. The van der Waals surface area contributed by atoms with Crippen molar-refractivity contribution in [3.05, 3.63) is 0 Å². The summed E-state index contributed by atoms with van der Waals surface area (Å²) in [5.74, 6) is 0.851. The van der Waals surface area contributed by atoms with Crippen molar-refractivity contribution in [2.24, 2.45) is 5.92 Å². The molecule has 1 aliphatic carbocycles. The predicted octanol–water partition coefficient (Wildman–Crippen LogP) is 1.95. The fourth-order valence-corrected chi connectivity index (χ4v) is 1.66. The molecule has 1 rings (SSSR count). The van der Waals surface area contributed by atoms with Crippen molar-refractivity contribution in [2.45, 2.75) is 45.4 Å². The van der Waals surface area contributed by atoms with Crippen LogP contribution >= 0.6 is 0 Å². The second-order valence-corrected chi connectivity index (χ2v) is 3.33. The zero-order chi connectivity index (χ0) is 9.23. The minimum absolute atomic E-state index is 0.250. The number of aliphatic hydroxyl groups excluding tert-OH is 2. The molecule has 0 heterocycles. The molecule has 0 atom stereocenters. The summed E-state index contributed by atoms with van der Waals surface area (Å²) < 4.78 is 0. The Morgan fingerprint density at radius 1 is 1.08 bits per heavy atom. The maximum atomic E-state index is 8.62. The van der Waals surface area contributed by atoms with Crippen LogP contribution in [-0.4, -0.2) is 23.4 Å². The summed E-state index contributed by atoms with van der Waals surface area (Å²) in [4.78, 5) is 0. The Labute approximate surface area is 75.6 Å². The van der Waals surface area contributed by atoms with Crippen molar-refractivity contribution in [3.8, 4) is 0 Å². The van der Waals surface area contributed by atoms with Gasteiger partial charge in [-0.3, -0.25) is 0 Å². The van der Waals surface area contributed by atoms with Gasteiger partial charge >= 0.3 is 0 Å². The van der Waals surface area contributed by atoms with Gasteiger partial charge in [-0.05, 0) is 19.3 Å². The normalized spacial score (nSPS) is 18.2. The minimum atomic E-state index is 0.250. The van der Waals surface area contributed by atoms with E-state index < -0.39 is 0 Å². The molecule has 0 aromatic carbocycles. The SMILES string of the molecule is CCO.OCCC1CCCCC1. The second kappa shape index (κ2) is 9.01. The highest BCUT2D eigenvalue weighted by atomic mass is 16.3. The van der Waals surface area contributed by atoms with E-state index >= 15 is 0 Å². The average Bonchev–Trinajstić information content (AvgIpc) is 2.08. The smallest absolute Gasteiger partial charge is 0.0433 e. The van der Waals surface area contributed by atoms with Gasteiger partial charge in [0.1, 0.15) is 0 Å². The zero-order valence-electron chi connectivity index (χ0n) is 8.13. The van der Waals surface area contributed by atoms with Gasteiger partial charge in [0, 0.05) is 13.2 Å². The molecule has 0 aromatic rings. The van der Waals surface area contributed by atoms with Gasteiger partial charge in [-0.2, -0.15) is 0 Å². The van der Waals surface area contributed by atoms with Crippen LogP contribution in [0.1, 0.15) is 45.4 Å². The van der Waals surface area contributed by atoms with Crippen molar-refractivity contribution in [3.63, 3.8) is 0 Å². The van der Waals surface area contributed by atoms with Crippen LogP contribution in [0.2, 0.25) is 0 Å². The highest BCUT2D eigenvalue weighted by molar-refractivity contribution is 4.64. The topological polar surface area (TPSA) is 40.5 Å². The van der Waals surface area contributed by atoms with E-state index in [4.69, 9.17) is 10.2 Å². The fraction of sp³-hybridized carbons (Fsp3) is 1.00. The molecular formula is C10H22O2. The van der Waals surface area contributed by atoms with Crippen LogP contribution in [0.5, 0.6) is 0 Å². The third-order valence-electron chi connectivity index (χ3n) is 2.26. The Bertz CT molecular complexity index is 75.2. The van der Waals surface area contributed by atoms with E-state index in [0.717, 1.165) is 12.3 Å². The molecule has 0 unspecified atom stereocenters. The Kier molecular flexibility index (Phi) is 8.95. The van der Waals surface area contributed by atoms with Gasteiger partial charge in [-0.25, -0.2) is 0 Å². The molecule has 1 fully saturated rings. The molecule has 0 saturated heterocycles. The fourth-order valence-electron chi connectivity index (χ4n) is 1.66. The van der Waals surface area contributed by atoms with Gasteiger partial charge in [0.2, 0.25) is 0 Å². The molecule has 2 N–H and O–H groups in total. The first-order valence-electron chi connectivity index (χ1n) is 5.06. The van der Waals surface area contributed by atoms with Crippen LogP contribution in [0.15, 0.2) is 0 Å². The molecule has 1 saturated carbocycles. The van der Waals surface area contributed by atoms with E-state index in [1.165, 1.54) is 32.1 Å². The summed E-state index contributed by atoms with van der Waals surface area (Å²) in [5, 5.41) is 16.2. The molecule has 0 amide bonds. The van der Waals surface area contributed by atoms with E-state index in [1.807, 2.05) is 0 Å². The van der Waals surface area contributed by atoms with Crippen molar-refractivity contribution in [1.82, 2.24) is 0 Å². The number of hydrogen-bond acceptors (Lipinski definition) is 2. The number of rotatable bonds is 2. The zero-order valence-corrected chi connectivity index (χ0v) is 8.13. The summed E-state index contributed by atoms with van der Waals surface area (Å²) in [6, 6.07) is 0. The molecule has 0 spiro atoms. The summed E-state index contributed by atoms with van der Waals surface area (Å²) in [6.45, 7) is 2.32. The average molecular weight is 174 g/mol. The minimum Gasteiger partial charge on any atom is -0.397 e. The van der Waals surface area contributed by atoms with E-state index in [2.05, 4.69) is 0 Å². The van der Waals surface area contributed by atoms with E-state index in [0.29, 0.717) is 6.61 Å². The molecule has 0 bridgehead atoms. The lowest BCUT2D eigenvalue weighted by molar-refractivity contribution is 0.230. The second-order valence-electron chi connectivity index (χ2n) is 3.33.